The first-order valence-electron chi connectivity index (χ1n) is 9.60. The Morgan fingerprint density at radius 3 is 2.62 bits per heavy atom. The molecule has 0 fully saturated rings. The van der Waals surface area contributed by atoms with Gasteiger partial charge in [0.1, 0.15) is 5.82 Å². The molecular weight excluding hydrogens is 450 g/mol. The number of nitrogens with two attached hydrogens (primary N) is 1. The third-order valence-corrected chi connectivity index (χ3v) is 6.13. The minimum atomic E-state index is -3.81. The fraction of sp³-hybridized carbons (Fsp3) is 0.190. The van der Waals surface area contributed by atoms with E-state index < -0.39 is 10.0 Å². The van der Waals surface area contributed by atoms with Crippen LogP contribution in [0.3, 0.4) is 0 Å². The smallest absolute Gasteiger partial charge is 0.238 e. The number of nitrogens with zero attached hydrogens (tertiary/aromatic N) is 4. The quantitative estimate of drug-likeness (QED) is 0.391. The lowest BCUT2D eigenvalue weighted by Gasteiger charge is -2.10. The molecule has 0 amide bonds. The second-order valence-corrected chi connectivity index (χ2v) is 8.86. The monoisotopic (exact) mass is 473 g/mol. The second kappa shape index (κ2) is 9.11. The maximum Gasteiger partial charge on any atom is 0.238 e. The lowest BCUT2D eigenvalue weighted by molar-refractivity contribution is 0.597. The van der Waals surface area contributed by atoms with Crippen molar-refractivity contribution in [2.45, 2.75) is 25.3 Å². The third-order valence-electron chi connectivity index (χ3n) is 5.08. The van der Waals surface area contributed by atoms with E-state index >= 15 is 0 Å². The molecule has 0 saturated carbocycles. The van der Waals surface area contributed by atoms with E-state index in [4.69, 9.17) is 5.14 Å². The van der Waals surface area contributed by atoms with Gasteiger partial charge < -0.3 is 10.6 Å². The largest absolute Gasteiger partial charge is 0.366 e. The van der Waals surface area contributed by atoms with Crippen molar-refractivity contribution in [2.75, 3.05) is 10.6 Å². The van der Waals surface area contributed by atoms with Crippen LogP contribution in [0.2, 0.25) is 0 Å². The Morgan fingerprint density at radius 1 is 1.09 bits per heavy atom. The van der Waals surface area contributed by atoms with Gasteiger partial charge in [-0.05, 0) is 49.2 Å². The maximum absolute atomic E-state index is 11.7. The first kappa shape index (κ1) is 23.5. The molecule has 2 heterocycles. The van der Waals surface area contributed by atoms with Gasteiger partial charge in [0, 0.05) is 36.6 Å². The SMILES string of the molecule is Cc1ccc(Nc2nccc(NCc3ccc4c(C)n(C)nc4c3)n2)cc1S(N)(=O)=O.Cl. The topological polar surface area (TPSA) is 128 Å². The number of rotatable bonds is 6. The number of halogens is 1. The van der Waals surface area contributed by atoms with Crippen molar-refractivity contribution in [1.82, 2.24) is 19.7 Å². The van der Waals surface area contributed by atoms with Crippen molar-refractivity contribution < 1.29 is 8.42 Å². The zero-order valence-corrected chi connectivity index (χ0v) is 19.5. The highest BCUT2D eigenvalue weighted by molar-refractivity contribution is 7.89. The number of aromatic nitrogens is 4. The highest BCUT2D eigenvalue weighted by Crippen LogP contribution is 2.22. The summed E-state index contributed by atoms with van der Waals surface area (Å²) >= 11 is 0. The van der Waals surface area contributed by atoms with Crippen molar-refractivity contribution in [3.63, 3.8) is 0 Å². The fourth-order valence-corrected chi connectivity index (χ4v) is 4.12. The summed E-state index contributed by atoms with van der Waals surface area (Å²) in [4.78, 5) is 8.71. The second-order valence-electron chi connectivity index (χ2n) is 7.33. The number of sulfonamides is 1. The Balaban J connectivity index is 0.00000289. The van der Waals surface area contributed by atoms with Gasteiger partial charge in [-0.3, -0.25) is 4.68 Å². The molecule has 32 heavy (non-hydrogen) atoms. The molecule has 0 aliphatic rings. The lowest BCUT2D eigenvalue weighted by Crippen LogP contribution is -2.14. The average Bonchev–Trinajstić information content (AvgIpc) is 3.00. The Labute approximate surface area is 192 Å². The van der Waals surface area contributed by atoms with Crippen LogP contribution in [-0.4, -0.2) is 28.2 Å². The lowest BCUT2D eigenvalue weighted by atomic mass is 10.1. The van der Waals surface area contributed by atoms with Gasteiger partial charge in [-0.2, -0.15) is 10.1 Å². The van der Waals surface area contributed by atoms with E-state index in [2.05, 4.69) is 43.9 Å². The van der Waals surface area contributed by atoms with Crippen LogP contribution in [0.4, 0.5) is 17.5 Å². The summed E-state index contributed by atoms with van der Waals surface area (Å²) in [5.41, 5.74) is 4.26. The summed E-state index contributed by atoms with van der Waals surface area (Å²) < 4.78 is 25.3. The van der Waals surface area contributed by atoms with Crippen LogP contribution in [0.5, 0.6) is 0 Å². The molecule has 0 spiro atoms. The number of nitrogens with one attached hydrogen (secondary N) is 2. The molecule has 0 saturated heterocycles. The standard InChI is InChI=1S/C21H23N7O2S.ClH/c1-13-4-6-16(11-19(13)31(22,29)30)25-21-23-9-8-20(26-21)24-12-15-5-7-17-14(2)28(3)27-18(17)10-15;/h4-11H,12H2,1-3H3,(H2,22,29,30)(H2,23,24,25,26);1H. The number of hydrogen-bond donors (Lipinski definition) is 3. The number of fused-ring (bicyclic) bond motifs is 1. The Bertz CT molecular complexity index is 1390. The molecule has 0 unspecified atom stereocenters. The van der Waals surface area contributed by atoms with Crippen molar-refractivity contribution in [3.8, 4) is 0 Å². The number of benzene rings is 2. The van der Waals surface area contributed by atoms with Crippen LogP contribution >= 0.6 is 12.4 Å². The Hall–Kier alpha value is -3.21. The van der Waals surface area contributed by atoms with Gasteiger partial charge in [0.2, 0.25) is 16.0 Å². The van der Waals surface area contributed by atoms with Crippen molar-refractivity contribution in [1.29, 1.82) is 0 Å². The van der Waals surface area contributed by atoms with Crippen LogP contribution in [0.15, 0.2) is 53.6 Å². The average molecular weight is 474 g/mol. The molecule has 4 aromatic rings. The molecule has 0 aliphatic heterocycles. The van der Waals surface area contributed by atoms with E-state index in [-0.39, 0.29) is 17.3 Å². The van der Waals surface area contributed by atoms with E-state index in [9.17, 15) is 8.42 Å². The molecule has 9 nitrogen and oxygen atoms in total. The van der Waals surface area contributed by atoms with E-state index in [1.807, 2.05) is 18.7 Å². The van der Waals surface area contributed by atoms with Crippen LogP contribution in [-0.2, 0) is 23.6 Å². The van der Waals surface area contributed by atoms with Gasteiger partial charge in [-0.1, -0.05) is 18.2 Å². The maximum atomic E-state index is 11.7. The van der Waals surface area contributed by atoms with E-state index in [0.717, 1.165) is 22.2 Å². The fourth-order valence-electron chi connectivity index (χ4n) is 3.31. The molecule has 0 radical (unpaired) electrons. The van der Waals surface area contributed by atoms with E-state index in [1.54, 1.807) is 31.3 Å². The minimum Gasteiger partial charge on any atom is -0.366 e. The highest BCUT2D eigenvalue weighted by atomic mass is 35.5. The van der Waals surface area contributed by atoms with Gasteiger partial charge in [-0.15, -0.1) is 12.4 Å². The van der Waals surface area contributed by atoms with Crippen molar-refractivity contribution in [3.05, 3.63) is 65.5 Å². The van der Waals surface area contributed by atoms with Crippen molar-refractivity contribution >= 4 is 50.8 Å². The van der Waals surface area contributed by atoms with Crippen LogP contribution in [0.25, 0.3) is 10.9 Å². The normalized spacial score (nSPS) is 11.2. The summed E-state index contributed by atoms with van der Waals surface area (Å²) in [6, 6.07) is 12.8. The molecule has 0 bridgehead atoms. The molecule has 4 rings (SSSR count). The van der Waals surface area contributed by atoms with Crippen molar-refractivity contribution in [2.24, 2.45) is 12.2 Å². The third kappa shape index (κ3) is 4.98. The number of hydrogen-bond acceptors (Lipinski definition) is 7. The van der Waals surface area contributed by atoms with E-state index in [0.29, 0.717) is 29.6 Å². The van der Waals surface area contributed by atoms with Crippen LogP contribution in [0, 0.1) is 13.8 Å². The molecular formula is C21H24ClN7O2S. The Kier molecular flexibility index (Phi) is 6.68. The first-order valence-corrected chi connectivity index (χ1v) is 11.1. The first-order chi connectivity index (χ1) is 14.7. The molecule has 2 aromatic heterocycles. The minimum absolute atomic E-state index is 0. The number of aryl methyl sites for hydroxylation is 3. The molecule has 4 N–H and O–H groups in total. The zero-order valence-electron chi connectivity index (χ0n) is 17.8. The number of anilines is 3. The van der Waals surface area contributed by atoms with Crippen LogP contribution < -0.4 is 15.8 Å². The highest BCUT2D eigenvalue weighted by Gasteiger charge is 2.13. The van der Waals surface area contributed by atoms with Gasteiger partial charge in [-0.25, -0.2) is 18.5 Å². The summed E-state index contributed by atoms with van der Waals surface area (Å²) in [5.74, 6) is 0.971. The molecule has 2 aromatic carbocycles. The predicted molar refractivity (Wildman–Crippen MR) is 128 cm³/mol. The molecule has 0 atom stereocenters. The summed E-state index contributed by atoms with van der Waals surface area (Å²) in [5, 5.41) is 17.2. The Morgan fingerprint density at radius 2 is 1.88 bits per heavy atom. The summed E-state index contributed by atoms with van der Waals surface area (Å²) in [6.45, 7) is 4.30. The van der Waals surface area contributed by atoms with Gasteiger partial charge >= 0.3 is 0 Å². The summed E-state index contributed by atoms with van der Waals surface area (Å²) in [6.07, 6.45) is 1.62. The molecule has 168 valence electrons. The van der Waals surface area contributed by atoms with Crippen LogP contribution in [0.1, 0.15) is 16.8 Å². The zero-order chi connectivity index (χ0) is 22.2. The van der Waals surface area contributed by atoms with Gasteiger partial charge in [0.15, 0.2) is 0 Å². The molecule has 0 aliphatic carbocycles. The van der Waals surface area contributed by atoms with E-state index in [1.165, 1.54) is 6.07 Å². The van der Waals surface area contributed by atoms with Gasteiger partial charge in [0.05, 0.1) is 10.4 Å². The predicted octanol–water partition coefficient (Wildman–Crippen LogP) is 3.41. The molecule has 11 heteroatoms. The van der Waals surface area contributed by atoms with Gasteiger partial charge in [0.25, 0.3) is 0 Å². The summed E-state index contributed by atoms with van der Waals surface area (Å²) in [7, 11) is -1.88. The number of primary sulfonamides is 1.